The molecule has 3 nitrogen and oxygen atoms in total. The van der Waals surface area contributed by atoms with Crippen molar-refractivity contribution in [1.82, 2.24) is 9.36 Å². The minimum Gasteiger partial charge on any atom is -0.347 e. The first-order valence-corrected chi connectivity index (χ1v) is 7.39. The van der Waals surface area contributed by atoms with E-state index in [-0.39, 0.29) is 5.41 Å². The molecular weight excluding hydrogens is 286 g/mol. The Hall–Kier alpha value is -0.160. The van der Waals surface area contributed by atoms with Crippen LogP contribution in [0.4, 0.5) is 5.13 Å². The van der Waals surface area contributed by atoms with Gasteiger partial charge in [0.25, 0.3) is 0 Å². The van der Waals surface area contributed by atoms with E-state index in [0.717, 1.165) is 24.0 Å². The maximum absolute atomic E-state index is 4.65. The summed E-state index contributed by atoms with van der Waals surface area (Å²) < 4.78 is 4.46. The van der Waals surface area contributed by atoms with Crippen molar-refractivity contribution in [3.05, 3.63) is 5.82 Å². The summed E-state index contributed by atoms with van der Waals surface area (Å²) in [4.78, 5) is 7.68. The fourth-order valence-electron chi connectivity index (χ4n) is 1.69. The van der Waals surface area contributed by atoms with Crippen LogP contribution in [0.3, 0.4) is 0 Å². The van der Waals surface area contributed by atoms with Crippen LogP contribution in [0.15, 0.2) is 0 Å². The van der Waals surface area contributed by atoms with Crippen LogP contribution >= 0.6 is 27.5 Å². The number of hydrogen-bond acceptors (Lipinski definition) is 4. The van der Waals surface area contributed by atoms with E-state index < -0.39 is 0 Å². The Balaban J connectivity index is 2.08. The zero-order chi connectivity index (χ0) is 11.8. The van der Waals surface area contributed by atoms with E-state index in [4.69, 9.17) is 0 Å². The molecule has 5 heteroatoms. The van der Waals surface area contributed by atoms with Gasteiger partial charge < -0.3 is 4.90 Å². The summed E-state index contributed by atoms with van der Waals surface area (Å²) in [7, 11) is 0. The predicted octanol–water partition coefficient (Wildman–Crippen LogP) is 3.20. The monoisotopic (exact) mass is 303 g/mol. The second-order valence-corrected chi connectivity index (χ2v) is 7.34. The number of aromatic nitrogens is 2. The van der Waals surface area contributed by atoms with Crippen molar-refractivity contribution in [2.45, 2.75) is 43.9 Å². The molecule has 1 saturated heterocycles. The van der Waals surface area contributed by atoms with E-state index in [1.165, 1.54) is 24.4 Å². The molecule has 0 radical (unpaired) electrons. The normalized spacial score (nSPS) is 19.1. The Bertz CT molecular complexity index is 350. The summed E-state index contributed by atoms with van der Waals surface area (Å²) in [6, 6.07) is 0. The van der Waals surface area contributed by atoms with Crippen LogP contribution in [-0.4, -0.2) is 27.3 Å². The lowest BCUT2D eigenvalue weighted by Gasteiger charge is -2.28. The van der Waals surface area contributed by atoms with Crippen molar-refractivity contribution in [2.24, 2.45) is 0 Å². The van der Waals surface area contributed by atoms with Gasteiger partial charge in [0, 0.05) is 34.9 Å². The van der Waals surface area contributed by atoms with Gasteiger partial charge in [-0.15, -0.1) is 0 Å². The minimum absolute atomic E-state index is 0.0580. The smallest absolute Gasteiger partial charge is 0.205 e. The molecule has 1 aromatic heterocycles. The highest BCUT2D eigenvalue weighted by atomic mass is 79.9. The Labute approximate surface area is 110 Å². The van der Waals surface area contributed by atoms with Crippen molar-refractivity contribution in [1.29, 1.82) is 0 Å². The third-order valence-corrected chi connectivity index (χ3v) is 4.47. The van der Waals surface area contributed by atoms with E-state index in [0.29, 0.717) is 4.83 Å². The summed E-state index contributed by atoms with van der Waals surface area (Å²) in [5.41, 5.74) is 0.0580. The van der Waals surface area contributed by atoms with Crippen LogP contribution in [0.2, 0.25) is 0 Å². The van der Waals surface area contributed by atoms with Crippen molar-refractivity contribution < 1.29 is 0 Å². The van der Waals surface area contributed by atoms with E-state index in [9.17, 15) is 0 Å². The lowest BCUT2D eigenvalue weighted by Crippen LogP contribution is -2.33. The highest BCUT2D eigenvalue weighted by molar-refractivity contribution is 9.09. The molecule has 0 bridgehead atoms. The summed E-state index contributed by atoms with van der Waals surface area (Å²) in [5.74, 6) is 0.966. The lowest BCUT2D eigenvalue weighted by molar-refractivity contribution is 0.550. The minimum atomic E-state index is 0.0580. The average Bonchev–Trinajstić information content (AvgIpc) is 2.67. The van der Waals surface area contributed by atoms with Gasteiger partial charge in [-0.25, -0.2) is 4.98 Å². The van der Waals surface area contributed by atoms with Gasteiger partial charge in [-0.05, 0) is 12.8 Å². The van der Waals surface area contributed by atoms with Crippen molar-refractivity contribution in [3.63, 3.8) is 0 Å². The van der Waals surface area contributed by atoms with Crippen LogP contribution in [0.5, 0.6) is 0 Å². The van der Waals surface area contributed by atoms with Crippen LogP contribution in [0.1, 0.15) is 39.4 Å². The number of hydrogen-bond donors (Lipinski definition) is 0. The van der Waals surface area contributed by atoms with Gasteiger partial charge in [0.05, 0.1) is 0 Å². The van der Waals surface area contributed by atoms with Gasteiger partial charge in [0.15, 0.2) is 0 Å². The highest BCUT2D eigenvalue weighted by Crippen LogP contribution is 2.28. The molecule has 1 fully saturated rings. The van der Waals surface area contributed by atoms with Gasteiger partial charge in [-0.1, -0.05) is 36.7 Å². The molecule has 0 aromatic carbocycles. The topological polar surface area (TPSA) is 29.0 Å². The summed E-state index contributed by atoms with van der Waals surface area (Å²) >= 11 is 5.20. The largest absolute Gasteiger partial charge is 0.347 e. The molecule has 2 heterocycles. The van der Waals surface area contributed by atoms with Crippen molar-refractivity contribution >= 4 is 32.6 Å². The first-order chi connectivity index (χ1) is 7.47. The quantitative estimate of drug-likeness (QED) is 0.746. The average molecular weight is 304 g/mol. The molecule has 90 valence electrons. The van der Waals surface area contributed by atoms with Crippen LogP contribution in [0, 0.1) is 0 Å². The number of piperidine rings is 1. The summed E-state index contributed by atoms with van der Waals surface area (Å²) in [6.07, 6.45) is 2.40. The predicted molar refractivity (Wildman–Crippen MR) is 72.8 cm³/mol. The molecule has 0 aliphatic carbocycles. The first-order valence-electron chi connectivity index (χ1n) is 5.70. The zero-order valence-corrected chi connectivity index (χ0v) is 12.4. The molecule has 0 atom stereocenters. The molecule has 0 amide bonds. The Morgan fingerprint density at radius 1 is 1.31 bits per heavy atom. The number of nitrogens with zero attached hydrogens (tertiary/aromatic N) is 3. The second kappa shape index (κ2) is 4.61. The standard InChI is InChI=1S/C11H18BrN3S/c1-11(2,3)9-13-10(16-14-9)15-6-4-8(12)5-7-15/h8H,4-7H2,1-3H3. The molecule has 1 aromatic rings. The SMILES string of the molecule is CC(C)(C)c1nsc(N2CCC(Br)CC2)n1. The van der Waals surface area contributed by atoms with Gasteiger partial charge in [-0.3, -0.25) is 0 Å². The van der Waals surface area contributed by atoms with Crippen LogP contribution < -0.4 is 4.90 Å². The number of rotatable bonds is 1. The van der Waals surface area contributed by atoms with Crippen LogP contribution in [0.25, 0.3) is 0 Å². The van der Waals surface area contributed by atoms with E-state index in [2.05, 4.69) is 51.0 Å². The molecule has 0 unspecified atom stereocenters. The Morgan fingerprint density at radius 2 is 1.94 bits per heavy atom. The van der Waals surface area contributed by atoms with E-state index in [1.807, 2.05) is 0 Å². The van der Waals surface area contributed by atoms with Gasteiger partial charge in [0.1, 0.15) is 5.82 Å². The molecule has 2 rings (SSSR count). The van der Waals surface area contributed by atoms with Gasteiger partial charge >= 0.3 is 0 Å². The number of halogens is 1. The fraction of sp³-hybridized carbons (Fsp3) is 0.818. The summed E-state index contributed by atoms with van der Waals surface area (Å²) in [6.45, 7) is 8.65. The highest BCUT2D eigenvalue weighted by Gasteiger charge is 2.23. The fourth-order valence-corrected chi connectivity index (χ4v) is 3.01. The molecule has 1 aliphatic heterocycles. The van der Waals surface area contributed by atoms with E-state index in [1.54, 1.807) is 0 Å². The second-order valence-electron chi connectivity index (χ2n) is 5.31. The Kier molecular flexibility index (Phi) is 3.54. The maximum Gasteiger partial charge on any atom is 0.205 e. The van der Waals surface area contributed by atoms with Gasteiger partial charge in [0.2, 0.25) is 5.13 Å². The molecule has 0 N–H and O–H groups in total. The lowest BCUT2D eigenvalue weighted by atomic mass is 9.96. The molecule has 0 saturated carbocycles. The molecule has 0 spiro atoms. The Morgan fingerprint density at radius 3 is 2.44 bits per heavy atom. The van der Waals surface area contributed by atoms with Crippen molar-refractivity contribution in [2.75, 3.05) is 18.0 Å². The van der Waals surface area contributed by atoms with Crippen molar-refractivity contribution in [3.8, 4) is 0 Å². The van der Waals surface area contributed by atoms with Gasteiger partial charge in [-0.2, -0.15) is 4.37 Å². The van der Waals surface area contributed by atoms with E-state index >= 15 is 0 Å². The molecule has 16 heavy (non-hydrogen) atoms. The maximum atomic E-state index is 4.65. The number of anilines is 1. The molecular formula is C11H18BrN3S. The third kappa shape index (κ3) is 2.74. The zero-order valence-electron chi connectivity index (χ0n) is 10.0. The summed E-state index contributed by atoms with van der Waals surface area (Å²) in [5, 5.41) is 1.09. The van der Waals surface area contributed by atoms with Crippen LogP contribution in [-0.2, 0) is 5.41 Å². The third-order valence-electron chi connectivity index (χ3n) is 2.78. The number of alkyl halides is 1. The molecule has 1 aliphatic rings. The first kappa shape index (κ1) is 12.3.